The van der Waals surface area contributed by atoms with Gasteiger partial charge < -0.3 is 4.98 Å². The van der Waals surface area contributed by atoms with Gasteiger partial charge in [0.1, 0.15) is 5.52 Å². The van der Waals surface area contributed by atoms with Gasteiger partial charge in [-0.2, -0.15) is 0 Å². The van der Waals surface area contributed by atoms with E-state index in [0.717, 1.165) is 6.07 Å². The van der Waals surface area contributed by atoms with E-state index in [-0.39, 0.29) is 4.47 Å². The fourth-order valence-corrected chi connectivity index (χ4v) is 1.49. The molecule has 2 aromatic rings. The average molecular weight is 233 g/mol. The van der Waals surface area contributed by atoms with Crippen molar-refractivity contribution in [1.29, 1.82) is 0 Å². The van der Waals surface area contributed by atoms with Gasteiger partial charge in [0.15, 0.2) is 11.6 Å². The molecule has 5 heteroatoms. The number of aromatic amines is 1. The number of hydrogen-bond acceptors (Lipinski definition) is 1. The zero-order valence-electron chi connectivity index (χ0n) is 5.74. The summed E-state index contributed by atoms with van der Waals surface area (Å²) in [5, 5.41) is 0. The zero-order chi connectivity index (χ0) is 8.72. The van der Waals surface area contributed by atoms with Gasteiger partial charge in [-0.3, -0.25) is 0 Å². The van der Waals surface area contributed by atoms with Crippen LogP contribution in [-0.4, -0.2) is 9.97 Å². The molecule has 0 radical (unpaired) electrons. The van der Waals surface area contributed by atoms with Crippen LogP contribution in [0, 0.1) is 11.6 Å². The van der Waals surface area contributed by atoms with E-state index in [9.17, 15) is 8.78 Å². The number of hydrogen-bond donors (Lipinski definition) is 1. The van der Waals surface area contributed by atoms with E-state index >= 15 is 0 Å². The van der Waals surface area contributed by atoms with Crippen molar-refractivity contribution in [3.05, 3.63) is 28.5 Å². The minimum Gasteiger partial charge on any atom is -0.344 e. The Bertz CT molecular complexity index is 438. The SMILES string of the molecule is Fc1cc2[nH]cnc2c(Br)c1F. The van der Waals surface area contributed by atoms with Crippen molar-refractivity contribution >= 4 is 27.0 Å². The molecule has 0 amide bonds. The van der Waals surface area contributed by atoms with Crippen molar-refractivity contribution < 1.29 is 8.78 Å². The van der Waals surface area contributed by atoms with Gasteiger partial charge in [0.05, 0.1) is 16.3 Å². The molecule has 2 rings (SSSR count). The molecule has 0 aliphatic carbocycles. The highest BCUT2D eigenvalue weighted by Gasteiger charge is 2.12. The molecule has 0 aliphatic heterocycles. The largest absolute Gasteiger partial charge is 0.344 e. The van der Waals surface area contributed by atoms with Crippen molar-refractivity contribution in [2.75, 3.05) is 0 Å². The maximum Gasteiger partial charge on any atom is 0.175 e. The number of aromatic nitrogens is 2. The van der Waals surface area contributed by atoms with Gasteiger partial charge in [-0.1, -0.05) is 0 Å². The molecule has 12 heavy (non-hydrogen) atoms. The van der Waals surface area contributed by atoms with Crippen molar-refractivity contribution in [1.82, 2.24) is 9.97 Å². The van der Waals surface area contributed by atoms with Crippen LogP contribution in [0.25, 0.3) is 11.0 Å². The van der Waals surface area contributed by atoms with Crippen LogP contribution in [-0.2, 0) is 0 Å². The van der Waals surface area contributed by atoms with Crippen LogP contribution in [0.2, 0.25) is 0 Å². The first-order valence-electron chi connectivity index (χ1n) is 3.16. The van der Waals surface area contributed by atoms with Crippen LogP contribution in [0.4, 0.5) is 8.78 Å². The molecule has 62 valence electrons. The van der Waals surface area contributed by atoms with E-state index in [0.29, 0.717) is 11.0 Å². The second kappa shape index (κ2) is 2.52. The first-order valence-corrected chi connectivity index (χ1v) is 3.96. The normalized spacial score (nSPS) is 10.9. The Kier molecular flexibility index (Phi) is 1.61. The average Bonchev–Trinajstić information content (AvgIpc) is 2.48. The van der Waals surface area contributed by atoms with Crippen molar-refractivity contribution in [3.63, 3.8) is 0 Å². The molecule has 0 saturated heterocycles. The molecule has 0 unspecified atom stereocenters. The van der Waals surface area contributed by atoms with Crippen LogP contribution in [0.1, 0.15) is 0 Å². The number of imidazole rings is 1. The van der Waals surface area contributed by atoms with Gasteiger partial charge in [0, 0.05) is 6.07 Å². The molecule has 1 N–H and O–H groups in total. The molecule has 1 heterocycles. The Labute approximate surface area is 74.7 Å². The summed E-state index contributed by atoms with van der Waals surface area (Å²) in [6.07, 6.45) is 1.38. The molecular formula is C7H3BrF2N2. The molecule has 2 nitrogen and oxygen atoms in total. The van der Waals surface area contributed by atoms with Gasteiger partial charge in [-0.25, -0.2) is 13.8 Å². The number of H-pyrrole nitrogens is 1. The van der Waals surface area contributed by atoms with Gasteiger partial charge in [-0.05, 0) is 15.9 Å². The quantitative estimate of drug-likeness (QED) is 0.696. The predicted molar refractivity (Wildman–Crippen MR) is 43.7 cm³/mol. The molecule has 0 aliphatic rings. The van der Waals surface area contributed by atoms with E-state index in [2.05, 4.69) is 25.9 Å². The number of rotatable bonds is 0. The van der Waals surface area contributed by atoms with E-state index < -0.39 is 11.6 Å². The monoisotopic (exact) mass is 232 g/mol. The van der Waals surface area contributed by atoms with E-state index in [1.807, 2.05) is 0 Å². The first kappa shape index (κ1) is 7.67. The third-order valence-electron chi connectivity index (χ3n) is 1.55. The standard InChI is InChI=1S/C7H3BrF2N2/c8-5-6(10)3(9)1-4-7(5)12-2-11-4/h1-2H,(H,11,12). The molecule has 1 aromatic carbocycles. The minimum absolute atomic E-state index is 0.0544. The predicted octanol–water partition coefficient (Wildman–Crippen LogP) is 2.60. The summed E-state index contributed by atoms with van der Waals surface area (Å²) >= 11 is 2.91. The lowest BCUT2D eigenvalue weighted by atomic mass is 10.3. The second-order valence-corrected chi connectivity index (χ2v) is 3.08. The summed E-state index contributed by atoms with van der Waals surface area (Å²) in [7, 11) is 0. The molecule has 0 saturated carbocycles. The Morgan fingerprint density at radius 3 is 2.92 bits per heavy atom. The highest BCUT2D eigenvalue weighted by atomic mass is 79.9. The molecule has 0 spiro atoms. The smallest absolute Gasteiger partial charge is 0.175 e. The van der Waals surface area contributed by atoms with E-state index in [1.54, 1.807) is 0 Å². The molecule has 0 fully saturated rings. The molecule has 0 atom stereocenters. The Morgan fingerprint density at radius 1 is 1.42 bits per heavy atom. The Morgan fingerprint density at radius 2 is 2.17 bits per heavy atom. The second-order valence-electron chi connectivity index (χ2n) is 2.29. The molecule has 0 bridgehead atoms. The first-order chi connectivity index (χ1) is 5.70. The van der Waals surface area contributed by atoms with Crippen LogP contribution in [0.3, 0.4) is 0 Å². The molecular weight excluding hydrogens is 230 g/mol. The Hall–Kier alpha value is -0.970. The van der Waals surface area contributed by atoms with E-state index in [4.69, 9.17) is 0 Å². The lowest BCUT2D eigenvalue weighted by Crippen LogP contribution is -1.86. The van der Waals surface area contributed by atoms with Crippen LogP contribution < -0.4 is 0 Å². The lowest BCUT2D eigenvalue weighted by molar-refractivity contribution is 0.506. The van der Waals surface area contributed by atoms with Crippen molar-refractivity contribution in [2.24, 2.45) is 0 Å². The fourth-order valence-electron chi connectivity index (χ4n) is 0.988. The summed E-state index contributed by atoms with van der Waals surface area (Å²) in [5.41, 5.74) is 0.870. The summed E-state index contributed by atoms with van der Waals surface area (Å²) < 4.78 is 25.7. The fraction of sp³-hybridized carbons (Fsp3) is 0. The topological polar surface area (TPSA) is 28.7 Å². The zero-order valence-corrected chi connectivity index (χ0v) is 7.32. The lowest BCUT2D eigenvalue weighted by Gasteiger charge is -1.96. The van der Waals surface area contributed by atoms with Crippen molar-refractivity contribution in [2.45, 2.75) is 0 Å². The summed E-state index contributed by atoms with van der Waals surface area (Å²) in [6, 6.07) is 1.07. The van der Waals surface area contributed by atoms with Gasteiger partial charge >= 0.3 is 0 Å². The van der Waals surface area contributed by atoms with E-state index in [1.165, 1.54) is 6.33 Å². The minimum atomic E-state index is -0.908. The number of fused-ring (bicyclic) bond motifs is 1. The van der Waals surface area contributed by atoms with Gasteiger partial charge in [0.2, 0.25) is 0 Å². The number of nitrogens with zero attached hydrogens (tertiary/aromatic N) is 1. The molecule has 1 aromatic heterocycles. The van der Waals surface area contributed by atoms with Crippen LogP contribution >= 0.6 is 15.9 Å². The number of benzene rings is 1. The highest BCUT2D eigenvalue weighted by molar-refractivity contribution is 9.10. The third-order valence-corrected chi connectivity index (χ3v) is 2.27. The van der Waals surface area contributed by atoms with Gasteiger partial charge in [0.25, 0.3) is 0 Å². The maximum absolute atomic E-state index is 12.9. The summed E-state index contributed by atoms with van der Waals surface area (Å²) in [5.74, 6) is -1.80. The third kappa shape index (κ3) is 0.929. The van der Waals surface area contributed by atoms with Gasteiger partial charge in [-0.15, -0.1) is 0 Å². The highest BCUT2D eigenvalue weighted by Crippen LogP contribution is 2.26. The maximum atomic E-state index is 12.9. The summed E-state index contributed by atoms with van der Waals surface area (Å²) in [4.78, 5) is 6.49. The summed E-state index contributed by atoms with van der Waals surface area (Å²) in [6.45, 7) is 0. The van der Waals surface area contributed by atoms with Crippen LogP contribution in [0.15, 0.2) is 16.9 Å². The van der Waals surface area contributed by atoms with Crippen LogP contribution in [0.5, 0.6) is 0 Å². The Balaban J connectivity index is 2.94. The number of halogens is 3. The number of nitrogens with one attached hydrogen (secondary N) is 1. The van der Waals surface area contributed by atoms with Crippen molar-refractivity contribution in [3.8, 4) is 0 Å².